The van der Waals surface area contributed by atoms with E-state index in [1.165, 1.54) is 12.8 Å². The van der Waals surface area contributed by atoms with Crippen molar-refractivity contribution in [2.45, 2.75) is 45.6 Å². The Balaban J connectivity index is 1.97. The molecule has 29 heavy (non-hydrogen) atoms. The lowest BCUT2D eigenvalue weighted by atomic mass is 10.1. The first-order valence-electron chi connectivity index (χ1n) is 9.82. The Morgan fingerprint density at radius 2 is 1.55 bits per heavy atom. The molecule has 0 saturated carbocycles. The molecule has 0 atom stereocenters. The average Bonchev–Trinajstić information content (AvgIpc) is 2.74. The zero-order valence-corrected chi connectivity index (χ0v) is 18.5. The lowest BCUT2D eigenvalue weighted by Gasteiger charge is -2.12. The van der Waals surface area contributed by atoms with Gasteiger partial charge in [-0.3, -0.25) is 0 Å². The highest BCUT2D eigenvalue weighted by Gasteiger charge is 2.19. The van der Waals surface area contributed by atoms with Crippen LogP contribution in [-0.2, 0) is 16.1 Å². The number of esters is 2. The quantitative estimate of drug-likeness (QED) is 0.305. The van der Waals surface area contributed by atoms with Crippen LogP contribution in [0.15, 0.2) is 46.9 Å². The summed E-state index contributed by atoms with van der Waals surface area (Å²) in [6.45, 7) is 2.53. The Bertz CT molecular complexity index is 819. The molecule has 0 fully saturated rings. The van der Waals surface area contributed by atoms with E-state index < -0.39 is 11.9 Å². The lowest BCUT2D eigenvalue weighted by molar-refractivity contribution is 0.0434. The molecule has 0 bridgehead atoms. The molecule has 0 aliphatic carbocycles. The molecule has 0 N–H and O–H groups in total. The Morgan fingerprint density at radius 3 is 2.21 bits per heavy atom. The molecule has 0 amide bonds. The van der Waals surface area contributed by atoms with Gasteiger partial charge in [0, 0.05) is 10.0 Å². The van der Waals surface area contributed by atoms with Crippen molar-refractivity contribution in [2.75, 3.05) is 13.7 Å². The van der Waals surface area contributed by atoms with E-state index in [-0.39, 0.29) is 17.7 Å². The van der Waals surface area contributed by atoms with Gasteiger partial charge in [-0.15, -0.1) is 0 Å². The Morgan fingerprint density at radius 1 is 0.897 bits per heavy atom. The topological polar surface area (TPSA) is 61.8 Å². The maximum absolute atomic E-state index is 12.6. The minimum Gasteiger partial charge on any atom is -0.496 e. The van der Waals surface area contributed by atoms with Gasteiger partial charge in [0.25, 0.3) is 0 Å². The lowest BCUT2D eigenvalue weighted by Crippen LogP contribution is -2.14. The van der Waals surface area contributed by atoms with E-state index in [1.807, 2.05) is 12.1 Å². The summed E-state index contributed by atoms with van der Waals surface area (Å²) in [4.78, 5) is 25.0. The number of halogens is 1. The summed E-state index contributed by atoms with van der Waals surface area (Å²) in [5, 5.41) is 0. The van der Waals surface area contributed by atoms with Gasteiger partial charge >= 0.3 is 11.9 Å². The van der Waals surface area contributed by atoms with Crippen LogP contribution in [0.1, 0.15) is 65.3 Å². The number of hydrogen-bond donors (Lipinski definition) is 0. The molecule has 156 valence electrons. The molecule has 5 nitrogen and oxygen atoms in total. The fourth-order valence-corrected chi connectivity index (χ4v) is 3.28. The monoisotopic (exact) mass is 462 g/mol. The average molecular weight is 463 g/mol. The number of rotatable bonds is 11. The molecule has 0 saturated heterocycles. The Hall–Kier alpha value is -2.34. The number of methoxy groups -OCH3 is 1. The largest absolute Gasteiger partial charge is 0.496 e. The molecule has 0 aliphatic heterocycles. The molecule has 0 heterocycles. The van der Waals surface area contributed by atoms with Crippen LogP contribution in [-0.4, -0.2) is 25.7 Å². The predicted molar refractivity (Wildman–Crippen MR) is 115 cm³/mol. The molecule has 0 aliphatic rings. The number of benzene rings is 2. The minimum atomic E-state index is -0.581. The van der Waals surface area contributed by atoms with Crippen molar-refractivity contribution in [3.63, 3.8) is 0 Å². The highest BCUT2D eigenvalue weighted by Crippen LogP contribution is 2.24. The third-order valence-electron chi connectivity index (χ3n) is 4.45. The maximum Gasteiger partial charge on any atom is 0.339 e. The molecular weight excluding hydrogens is 436 g/mol. The van der Waals surface area contributed by atoms with Gasteiger partial charge in [0.05, 0.1) is 24.8 Å². The van der Waals surface area contributed by atoms with Crippen LogP contribution < -0.4 is 4.74 Å². The molecule has 6 heteroatoms. The van der Waals surface area contributed by atoms with Crippen LogP contribution in [0.3, 0.4) is 0 Å². The van der Waals surface area contributed by atoms with Gasteiger partial charge in [0.1, 0.15) is 12.4 Å². The van der Waals surface area contributed by atoms with Crippen LogP contribution in [0.5, 0.6) is 5.75 Å². The van der Waals surface area contributed by atoms with E-state index in [1.54, 1.807) is 37.4 Å². The molecule has 2 aromatic rings. The van der Waals surface area contributed by atoms with E-state index in [4.69, 9.17) is 14.2 Å². The van der Waals surface area contributed by atoms with E-state index >= 15 is 0 Å². The molecule has 2 aromatic carbocycles. The van der Waals surface area contributed by atoms with Gasteiger partial charge in [0.2, 0.25) is 0 Å². The van der Waals surface area contributed by atoms with Crippen molar-refractivity contribution in [2.24, 2.45) is 0 Å². The highest BCUT2D eigenvalue weighted by atomic mass is 79.9. The SMILES string of the molecule is CCCCCCCOC(=O)c1ccccc1C(=O)OCc1cc(Br)ccc1OC. The summed E-state index contributed by atoms with van der Waals surface area (Å²) in [7, 11) is 1.56. The number of unbranched alkanes of at least 4 members (excludes halogenated alkanes) is 4. The van der Waals surface area contributed by atoms with Crippen LogP contribution in [0.2, 0.25) is 0 Å². The number of carbonyl (C=O) groups is 2. The van der Waals surface area contributed by atoms with Gasteiger partial charge < -0.3 is 14.2 Å². The number of ether oxygens (including phenoxy) is 3. The van der Waals surface area contributed by atoms with Crippen molar-refractivity contribution >= 4 is 27.9 Å². The van der Waals surface area contributed by atoms with E-state index in [0.717, 1.165) is 29.3 Å². The first kappa shape index (κ1) is 22.9. The molecular formula is C23H27BrO5. The summed E-state index contributed by atoms with van der Waals surface area (Å²) < 4.78 is 16.9. The van der Waals surface area contributed by atoms with Gasteiger partial charge in [-0.05, 0) is 36.8 Å². The second kappa shape index (κ2) is 12.3. The van der Waals surface area contributed by atoms with Gasteiger partial charge in [0.15, 0.2) is 0 Å². The highest BCUT2D eigenvalue weighted by molar-refractivity contribution is 9.10. The third-order valence-corrected chi connectivity index (χ3v) is 4.94. The summed E-state index contributed by atoms with van der Waals surface area (Å²) in [6.07, 6.45) is 5.34. The van der Waals surface area contributed by atoms with Crippen LogP contribution in [0.25, 0.3) is 0 Å². The molecule has 0 radical (unpaired) electrons. The van der Waals surface area contributed by atoms with Crippen LogP contribution >= 0.6 is 15.9 Å². The number of carbonyl (C=O) groups excluding carboxylic acids is 2. The Kier molecular flexibility index (Phi) is 9.71. The molecule has 0 spiro atoms. The summed E-state index contributed by atoms with van der Waals surface area (Å²) >= 11 is 3.39. The smallest absolute Gasteiger partial charge is 0.339 e. The van der Waals surface area contributed by atoms with Gasteiger partial charge in [-0.2, -0.15) is 0 Å². The Labute approximate surface area is 180 Å². The first-order chi connectivity index (χ1) is 14.1. The minimum absolute atomic E-state index is 0.0300. The van der Waals surface area contributed by atoms with Crippen LogP contribution in [0, 0.1) is 0 Å². The van der Waals surface area contributed by atoms with E-state index in [9.17, 15) is 9.59 Å². The standard InChI is InChI=1S/C23H27BrO5/c1-3-4-5-6-9-14-28-22(25)19-10-7-8-11-20(19)23(26)29-16-17-15-18(24)12-13-21(17)27-2/h7-8,10-13,15H,3-6,9,14,16H2,1-2H3. The first-order valence-corrected chi connectivity index (χ1v) is 10.6. The molecule has 0 unspecified atom stereocenters. The number of hydrogen-bond acceptors (Lipinski definition) is 5. The van der Waals surface area contributed by atoms with Crippen molar-refractivity contribution in [3.8, 4) is 5.75 Å². The predicted octanol–water partition coefficient (Wildman–Crippen LogP) is 5.94. The maximum atomic E-state index is 12.6. The van der Waals surface area contributed by atoms with E-state index in [0.29, 0.717) is 12.4 Å². The zero-order valence-electron chi connectivity index (χ0n) is 16.9. The molecule has 2 rings (SSSR count). The zero-order chi connectivity index (χ0) is 21.1. The van der Waals surface area contributed by atoms with Crippen LogP contribution in [0.4, 0.5) is 0 Å². The summed E-state index contributed by atoms with van der Waals surface area (Å²) in [5.74, 6) is -0.465. The fraction of sp³-hybridized carbons (Fsp3) is 0.391. The molecule has 0 aromatic heterocycles. The van der Waals surface area contributed by atoms with Gasteiger partial charge in [-0.25, -0.2) is 9.59 Å². The summed E-state index contributed by atoms with van der Waals surface area (Å²) in [6, 6.07) is 12.0. The van der Waals surface area contributed by atoms with E-state index in [2.05, 4.69) is 22.9 Å². The third kappa shape index (κ3) is 7.20. The second-order valence-corrected chi connectivity index (χ2v) is 7.54. The van der Waals surface area contributed by atoms with Crippen molar-refractivity contribution in [1.82, 2.24) is 0 Å². The summed E-state index contributed by atoms with van der Waals surface area (Å²) in [5.41, 5.74) is 1.13. The van der Waals surface area contributed by atoms with Crippen molar-refractivity contribution in [1.29, 1.82) is 0 Å². The normalized spacial score (nSPS) is 10.4. The van der Waals surface area contributed by atoms with Crippen molar-refractivity contribution in [3.05, 3.63) is 63.6 Å². The fourth-order valence-electron chi connectivity index (χ4n) is 2.87. The second-order valence-electron chi connectivity index (χ2n) is 6.63. The van der Waals surface area contributed by atoms with Crippen molar-refractivity contribution < 1.29 is 23.8 Å². The van der Waals surface area contributed by atoms with Gasteiger partial charge in [-0.1, -0.05) is 60.7 Å².